The van der Waals surface area contributed by atoms with Gasteiger partial charge in [0, 0.05) is 0 Å². The minimum Gasteiger partial charge on any atom is -0.454 e. The number of benzene rings is 1. The van der Waals surface area contributed by atoms with Gasteiger partial charge in [-0.25, -0.2) is 4.79 Å². The Kier molecular flexibility index (Phi) is 2.70. The van der Waals surface area contributed by atoms with Crippen molar-refractivity contribution < 1.29 is 23.9 Å². The second kappa shape index (κ2) is 4.06. The van der Waals surface area contributed by atoms with Crippen LogP contribution < -0.4 is 15.2 Å². The van der Waals surface area contributed by atoms with Crippen LogP contribution in [-0.4, -0.2) is 17.8 Å². The molecule has 1 aromatic carbocycles. The summed E-state index contributed by atoms with van der Waals surface area (Å²) in [6.45, 7) is 1.18. The Bertz CT molecular complexity index is 517. The van der Waals surface area contributed by atoms with Crippen molar-refractivity contribution in [2.45, 2.75) is 12.6 Å². The van der Waals surface area contributed by atoms with E-state index in [1.165, 1.54) is 18.2 Å². The molecule has 1 aliphatic rings. The van der Waals surface area contributed by atoms with Gasteiger partial charge in [0.25, 0.3) is 0 Å². The molecule has 0 aliphatic carbocycles. The maximum absolute atomic E-state index is 11.1. The minimum absolute atomic E-state index is 0.0463. The van der Waals surface area contributed by atoms with Crippen molar-refractivity contribution in [3.8, 4) is 11.5 Å². The second-order valence-electron chi connectivity index (χ2n) is 3.73. The van der Waals surface area contributed by atoms with E-state index in [9.17, 15) is 14.9 Å². The molecule has 1 atom stereocenters. The highest BCUT2D eigenvalue weighted by atomic mass is 16.7. The van der Waals surface area contributed by atoms with Crippen LogP contribution in [0.1, 0.15) is 12.5 Å². The number of primary amides is 1. The lowest BCUT2D eigenvalue weighted by molar-refractivity contribution is -0.626. The van der Waals surface area contributed by atoms with Crippen molar-refractivity contribution in [3.63, 3.8) is 0 Å². The van der Waals surface area contributed by atoms with E-state index in [1.54, 1.807) is 0 Å². The summed E-state index contributed by atoms with van der Waals surface area (Å²) in [4.78, 5) is 21.1. The Morgan fingerprint density at radius 3 is 2.78 bits per heavy atom. The standard InChI is InChI=1S/C10H10N2O6/c1-10(12(14)15,18-9(11)13)6-2-3-7-8(4-6)17-5-16-7/h2-4H,5H2,1H3,(H2,11,13). The number of carbonyl (C=O) groups excluding carboxylic acids is 1. The van der Waals surface area contributed by atoms with Gasteiger partial charge in [-0.15, -0.1) is 0 Å². The molecule has 8 nitrogen and oxygen atoms in total. The topological polar surface area (TPSA) is 114 Å². The molecule has 0 saturated heterocycles. The van der Waals surface area contributed by atoms with Gasteiger partial charge in [0.1, 0.15) is 0 Å². The summed E-state index contributed by atoms with van der Waals surface area (Å²) >= 11 is 0. The van der Waals surface area contributed by atoms with Gasteiger partial charge in [0.15, 0.2) is 11.5 Å². The van der Waals surface area contributed by atoms with Gasteiger partial charge in [0.2, 0.25) is 6.79 Å². The number of hydrogen-bond acceptors (Lipinski definition) is 6. The van der Waals surface area contributed by atoms with Crippen LogP contribution in [0.3, 0.4) is 0 Å². The number of ether oxygens (including phenoxy) is 3. The molecule has 1 heterocycles. The number of nitrogens with two attached hydrogens (primary N) is 1. The molecular weight excluding hydrogens is 244 g/mol. The lowest BCUT2D eigenvalue weighted by atomic mass is 10.0. The summed E-state index contributed by atoms with van der Waals surface area (Å²) in [5.74, 6) is 0.831. The molecule has 8 heteroatoms. The molecule has 0 radical (unpaired) electrons. The monoisotopic (exact) mass is 254 g/mol. The molecule has 2 N–H and O–H groups in total. The fraction of sp³-hybridized carbons (Fsp3) is 0.300. The zero-order valence-electron chi connectivity index (χ0n) is 9.41. The van der Waals surface area contributed by atoms with Gasteiger partial charge in [-0.1, -0.05) is 0 Å². The summed E-state index contributed by atoms with van der Waals surface area (Å²) in [7, 11) is 0. The first-order valence-corrected chi connectivity index (χ1v) is 4.96. The Labute approximate surface area is 101 Å². The van der Waals surface area contributed by atoms with Crippen LogP contribution in [0, 0.1) is 10.1 Å². The van der Waals surface area contributed by atoms with E-state index in [0.717, 1.165) is 6.92 Å². The summed E-state index contributed by atoms with van der Waals surface area (Å²) in [5.41, 5.74) is 2.92. The van der Waals surface area contributed by atoms with E-state index in [0.29, 0.717) is 11.5 Å². The van der Waals surface area contributed by atoms with Crippen molar-refractivity contribution in [3.05, 3.63) is 33.9 Å². The number of carbonyl (C=O) groups is 1. The van der Waals surface area contributed by atoms with E-state index >= 15 is 0 Å². The molecule has 1 aromatic rings. The molecule has 0 saturated carbocycles. The predicted octanol–water partition coefficient (Wildman–Crippen LogP) is 0.960. The quantitative estimate of drug-likeness (QED) is 0.488. The van der Waals surface area contributed by atoms with Gasteiger partial charge in [-0.3, -0.25) is 10.1 Å². The SMILES string of the molecule is CC(OC(N)=O)(c1ccc2c(c1)OCO2)[N+](=O)[O-]. The number of hydrogen-bond donors (Lipinski definition) is 1. The Hall–Kier alpha value is -2.51. The summed E-state index contributed by atoms with van der Waals surface area (Å²) in [5, 5.41) is 11.1. The highest BCUT2D eigenvalue weighted by molar-refractivity contribution is 5.65. The Morgan fingerprint density at radius 2 is 2.17 bits per heavy atom. The van der Waals surface area contributed by atoms with Gasteiger partial charge in [0.05, 0.1) is 17.4 Å². The number of rotatable bonds is 3. The number of amides is 1. The number of nitro groups is 1. The van der Waals surface area contributed by atoms with Crippen LogP contribution in [0.15, 0.2) is 18.2 Å². The van der Waals surface area contributed by atoms with Gasteiger partial charge in [-0.05, 0) is 18.2 Å². The molecule has 1 aliphatic heterocycles. The Balaban J connectivity index is 2.43. The van der Waals surface area contributed by atoms with Crippen molar-refractivity contribution in [2.75, 3.05) is 6.79 Å². The van der Waals surface area contributed by atoms with Crippen LogP contribution in [0.5, 0.6) is 11.5 Å². The molecule has 0 spiro atoms. The summed E-state index contributed by atoms with van der Waals surface area (Å²) in [6, 6.07) is 4.30. The van der Waals surface area contributed by atoms with E-state index < -0.39 is 16.7 Å². The van der Waals surface area contributed by atoms with Crippen molar-refractivity contribution in [1.82, 2.24) is 0 Å². The van der Waals surface area contributed by atoms with Crippen LogP contribution in [0.2, 0.25) is 0 Å². The maximum Gasteiger partial charge on any atom is 0.410 e. The molecular formula is C10H10N2O6. The lowest BCUT2D eigenvalue weighted by Gasteiger charge is -2.20. The normalized spacial score (nSPS) is 15.8. The fourth-order valence-corrected chi connectivity index (χ4v) is 1.58. The largest absolute Gasteiger partial charge is 0.454 e. The minimum atomic E-state index is -2.06. The average Bonchev–Trinajstić information content (AvgIpc) is 2.74. The van der Waals surface area contributed by atoms with Crippen molar-refractivity contribution >= 4 is 6.09 Å². The number of fused-ring (bicyclic) bond motifs is 1. The molecule has 18 heavy (non-hydrogen) atoms. The molecule has 1 amide bonds. The van der Waals surface area contributed by atoms with E-state index in [-0.39, 0.29) is 12.4 Å². The number of nitrogens with zero attached hydrogens (tertiary/aromatic N) is 1. The summed E-state index contributed by atoms with van der Waals surface area (Å²) < 4.78 is 14.8. The molecule has 0 bridgehead atoms. The smallest absolute Gasteiger partial charge is 0.410 e. The van der Waals surface area contributed by atoms with Gasteiger partial charge in [-0.2, -0.15) is 0 Å². The van der Waals surface area contributed by atoms with E-state index in [4.69, 9.17) is 15.2 Å². The molecule has 2 rings (SSSR count). The average molecular weight is 254 g/mol. The first kappa shape index (κ1) is 12.0. The first-order valence-electron chi connectivity index (χ1n) is 4.96. The molecule has 0 aromatic heterocycles. The highest BCUT2D eigenvalue weighted by Crippen LogP contribution is 2.37. The van der Waals surface area contributed by atoms with Crippen LogP contribution in [0.4, 0.5) is 4.79 Å². The van der Waals surface area contributed by atoms with Gasteiger partial charge >= 0.3 is 11.8 Å². The lowest BCUT2D eigenvalue weighted by Crippen LogP contribution is -2.39. The molecule has 1 unspecified atom stereocenters. The predicted molar refractivity (Wildman–Crippen MR) is 57.6 cm³/mol. The van der Waals surface area contributed by atoms with Crippen LogP contribution in [0.25, 0.3) is 0 Å². The molecule has 0 fully saturated rings. The third-order valence-electron chi connectivity index (χ3n) is 2.56. The summed E-state index contributed by atoms with van der Waals surface area (Å²) in [6.07, 6.45) is -1.23. The first-order chi connectivity index (χ1) is 8.43. The third kappa shape index (κ3) is 1.88. The van der Waals surface area contributed by atoms with E-state index in [2.05, 4.69) is 4.74 Å². The maximum atomic E-state index is 11.1. The highest BCUT2D eigenvalue weighted by Gasteiger charge is 2.44. The van der Waals surface area contributed by atoms with E-state index in [1.807, 2.05) is 0 Å². The van der Waals surface area contributed by atoms with Crippen LogP contribution >= 0.6 is 0 Å². The van der Waals surface area contributed by atoms with Crippen LogP contribution in [-0.2, 0) is 10.5 Å². The zero-order chi connectivity index (χ0) is 13.3. The third-order valence-corrected chi connectivity index (χ3v) is 2.56. The Morgan fingerprint density at radius 1 is 1.50 bits per heavy atom. The molecule has 96 valence electrons. The van der Waals surface area contributed by atoms with Crippen molar-refractivity contribution in [2.24, 2.45) is 5.73 Å². The van der Waals surface area contributed by atoms with Gasteiger partial charge < -0.3 is 19.9 Å². The second-order valence-corrected chi connectivity index (χ2v) is 3.73. The van der Waals surface area contributed by atoms with Crippen molar-refractivity contribution in [1.29, 1.82) is 0 Å². The zero-order valence-corrected chi connectivity index (χ0v) is 9.41. The fourth-order valence-electron chi connectivity index (χ4n) is 1.58.